The van der Waals surface area contributed by atoms with Crippen LogP contribution < -0.4 is 11.1 Å². The SMILES string of the molecule is C=CNC(N)=O.O=C(O)/C=C\c1c[nH]c2ccccc12. The van der Waals surface area contributed by atoms with E-state index in [9.17, 15) is 9.59 Å². The number of fused-ring (bicyclic) bond motifs is 1. The number of hydrogen-bond acceptors (Lipinski definition) is 2. The molecule has 2 aromatic rings. The predicted molar refractivity (Wildman–Crippen MR) is 77.9 cm³/mol. The first kappa shape index (κ1) is 15.0. The second-order valence-electron chi connectivity index (χ2n) is 3.67. The number of para-hydroxylation sites is 1. The Labute approximate surface area is 115 Å². The van der Waals surface area contributed by atoms with Crippen LogP contribution in [0.5, 0.6) is 0 Å². The fourth-order valence-electron chi connectivity index (χ4n) is 1.49. The summed E-state index contributed by atoms with van der Waals surface area (Å²) in [6.07, 6.45) is 5.74. The maximum absolute atomic E-state index is 10.3. The van der Waals surface area contributed by atoms with E-state index in [0.717, 1.165) is 22.5 Å². The number of carboxylic acids is 1. The van der Waals surface area contributed by atoms with E-state index in [1.807, 2.05) is 24.3 Å². The summed E-state index contributed by atoms with van der Waals surface area (Å²) in [5.74, 6) is -0.935. The predicted octanol–water partition coefficient (Wildman–Crippen LogP) is 2.06. The van der Waals surface area contributed by atoms with E-state index in [1.165, 1.54) is 6.20 Å². The van der Waals surface area contributed by atoms with Crippen molar-refractivity contribution >= 4 is 29.0 Å². The van der Waals surface area contributed by atoms with Crippen molar-refractivity contribution in [3.05, 3.63) is 54.9 Å². The van der Waals surface area contributed by atoms with Gasteiger partial charge in [0.1, 0.15) is 0 Å². The van der Waals surface area contributed by atoms with E-state index in [1.54, 1.807) is 12.3 Å². The minimum atomic E-state index is -0.935. The zero-order chi connectivity index (χ0) is 15.0. The van der Waals surface area contributed by atoms with Crippen LogP contribution in [0.4, 0.5) is 4.79 Å². The highest BCUT2D eigenvalue weighted by atomic mass is 16.4. The summed E-state index contributed by atoms with van der Waals surface area (Å²) in [7, 11) is 0. The lowest BCUT2D eigenvalue weighted by molar-refractivity contribution is -0.131. The summed E-state index contributed by atoms with van der Waals surface area (Å²) >= 11 is 0. The summed E-state index contributed by atoms with van der Waals surface area (Å²) in [5, 5.41) is 11.6. The fraction of sp³-hybridized carbons (Fsp3) is 0. The van der Waals surface area contributed by atoms with Gasteiger partial charge < -0.3 is 21.1 Å². The molecule has 5 N–H and O–H groups in total. The van der Waals surface area contributed by atoms with Crippen molar-refractivity contribution in [1.29, 1.82) is 0 Å². The molecule has 0 aliphatic rings. The third kappa shape index (κ3) is 4.69. The van der Waals surface area contributed by atoms with Gasteiger partial charge in [0.2, 0.25) is 0 Å². The third-order valence-electron chi connectivity index (χ3n) is 2.27. The van der Waals surface area contributed by atoms with E-state index >= 15 is 0 Å². The van der Waals surface area contributed by atoms with Gasteiger partial charge in [0.05, 0.1) is 0 Å². The number of carboxylic acid groups (broad SMARTS) is 1. The van der Waals surface area contributed by atoms with Gasteiger partial charge in [-0.2, -0.15) is 0 Å². The molecule has 104 valence electrons. The number of H-pyrrole nitrogens is 1. The maximum atomic E-state index is 10.3. The van der Waals surface area contributed by atoms with Gasteiger partial charge in [-0.15, -0.1) is 0 Å². The van der Waals surface area contributed by atoms with Crippen molar-refractivity contribution in [2.24, 2.45) is 5.73 Å². The Morgan fingerprint density at radius 1 is 1.35 bits per heavy atom. The smallest absolute Gasteiger partial charge is 0.328 e. The molecule has 6 heteroatoms. The number of aromatic nitrogens is 1. The van der Waals surface area contributed by atoms with Gasteiger partial charge in [0.15, 0.2) is 0 Å². The molecule has 0 aliphatic carbocycles. The minimum absolute atomic E-state index is 0.579. The number of primary amides is 1. The van der Waals surface area contributed by atoms with Crippen LogP contribution in [-0.4, -0.2) is 22.1 Å². The Morgan fingerprint density at radius 3 is 2.60 bits per heavy atom. The van der Waals surface area contributed by atoms with Crippen molar-refractivity contribution < 1.29 is 14.7 Å². The lowest BCUT2D eigenvalue weighted by atomic mass is 10.1. The number of urea groups is 1. The summed E-state index contributed by atoms with van der Waals surface area (Å²) in [4.78, 5) is 23.0. The molecule has 0 aliphatic heterocycles. The summed E-state index contributed by atoms with van der Waals surface area (Å²) < 4.78 is 0. The van der Waals surface area contributed by atoms with E-state index in [4.69, 9.17) is 5.11 Å². The van der Waals surface area contributed by atoms with Gasteiger partial charge in [0, 0.05) is 23.2 Å². The molecule has 0 spiro atoms. The summed E-state index contributed by atoms with van der Waals surface area (Å²) in [6, 6.07) is 7.18. The molecule has 0 radical (unpaired) electrons. The Morgan fingerprint density at radius 2 is 2.05 bits per heavy atom. The number of benzene rings is 1. The topological polar surface area (TPSA) is 108 Å². The van der Waals surface area contributed by atoms with Crippen LogP contribution in [0, 0.1) is 0 Å². The quantitative estimate of drug-likeness (QED) is 0.643. The van der Waals surface area contributed by atoms with E-state index in [2.05, 4.69) is 22.6 Å². The zero-order valence-corrected chi connectivity index (χ0v) is 10.7. The molecule has 0 atom stereocenters. The van der Waals surface area contributed by atoms with Crippen molar-refractivity contribution in [1.82, 2.24) is 10.3 Å². The largest absolute Gasteiger partial charge is 0.478 e. The highest BCUT2D eigenvalue weighted by Gasteiger charge is 1.98. The molecule has 6 nitrogen and oxygen atoms in total. The number of hydrogen-bond donors (Lipinski definition) is 4. The van der Waals surface area contributed by atoms with E-state index in [-0.39, 0.29) is 0 Å². The number of nitrogens with one attached hydrogen (secondary N) is 2. The molecule has 0 saturated heterocycles. The second-order valence-corrected chi connectivity index (χ2v) is 3.67. The van der Waals surface area contributed by atoms with Crippen LogP contribution in [0.2, 0.25) is 0 Å². The molecule has 0 bridgehead atoms. The molecular weight excluding hydrogens is 258 g/mol. The average molecular weight is 273 g/mol. The molecular formula is C14H15N3O3. The summed E-state index contributed by atoms with van der Waals surface area (Å²) in [5.41, 5.74) is 6.48. The third-order valence-corrected chi connectivity index (χ3v) is 2.27. The molecule has 0 saturated carbocycles. The highest BCUT2D eigenvalue weighted by Crippen LogP contribution is 2.18. The van der Waals surface area contributed by atoms with Crippen molar-refractivity contribution in [3.63, 3.8) is 0 Å². The molecule has 1 aromatic carbocycles. The van der Waals surface area contributed by atoms with Crippen LogP contribution in [0.1, 0.15) is 5.56 Å². The number of aliphatic carboxylic acids is 1. The van der Waals surface area contributed by atoms with Crippen molar-refractivity contribution in [2.75, 3.05) is 0 Å². The van der Waals surface area contributed by atoms with Gasteiger partial charge in [-0.05, 0) is 23.9 Å². The van der Waals surface area contributed by atoms with Crippen LogP contribution in [0.15, 0.2) is 49.3 Å². The molecule has 2 rings (SSSR count). The van der Waals surface area contributed by atoms with Crippen LogP contribution in [-0.2, 0) is 4.79 Å². The monoisotopic (exact) mass is 273 g/mol. The van der Waals surface area contributed by atoms with E-state index in [0.29, 0.717) is 0 Å². The number of rotatable bonds is 3. The van der Waals surface area contributed by atoms with E-state index < -0.39 is 12.0 Å². The Balaban J connectivity index is 0.000000286. The van der Waals surface area contributed by atoms with Crippen molar-refractivity contribution in [2.45, 2.75) is 0 Å². The number of nitrogens with two attached hydrogens (primary N) is 1. The van der Waals surface area contributed by atoms with Crippen LogP contribution >= 0.6 is 0 Å². The summed E-state index contributed by atoms with van der Waals surface area (Å²) in [6.45, 7) is 3.19. The van der Waals surface area contributed by atoms with Gasteiger partial charge in [-0.1, -0.05) is 24.8 Å². The number of carbonyl (C=O) groups is 2. The first-order chi connectivity index (χ1) is 9.54. The molecule has 0 unspecified atom stereocenters. The zero-order valence-electron chi connectivity index (χ0n) is 10.7. The lowest BCUT2D eigenvalue weighted by Gasteiger charge is -1.89. The molecule has 1 aromatic heterocycles. The van der Waals surface area contributed by atoms with Gasteiger partial charge in [0.25, 0.3) is 0 Å². The van der Waals surface area contributed by atoms with Crippen LogP contribution in [0.3, 0.4) is 0 Å². The van der Waals surface area contributed by atoms with Gasteiger partial charge in [-0.3, -0.25) is 0 Å². The molecule has 20 heavy (non-hydrogen) atoms. The fourth-order valence-corrected chi connectivity index (χ4v) is 1.49. The number of amides is 2. The Kier molecular flexibility index (Phi) is 5.58. The maximum Gasteiger partial charge on any atom is 0.328 e. The Bertz CT molecular complexity index is 644. The lowest BCUT2D eigenvalue weighted by Crippen LogP contribution is -2.23. The molecule has 1 heterocycles. The van der Waals surface area contributed by atoms with Gasteiger partial charge >= 0.3 is 12.0 Å². The van der Waals surface area contributed by atoms with Gasteiger partial charge in [-0.25, -0.2) is 9.59 Å². The Hall–Kier alpha value is -3.02. The molecule has 0 fully saturated rings. The first-order valence-electron chi connectivity index (χ1n) is 5.68. The normalized spacial score (nSPS) is 9.80. The average Bonchev–Trinajstić information content (AvgIpc) is 2.80. The first-order valence-corrected chi connectivity index (χ1v) is 5.68. The standard InChI is InChI=1S/C11H9NO2.C3H6N2O/c13-11(14)6-5-8-7-12-10-4-2-1-3-9(8)10;1-2-5-3(4)6/h1-7,12H,(H,13,14);2H,1H2,(H3,4,5,6)/b6-5-;. The molecule has 2 amide bonds. The highest BCUT2D eigenvalue weighted by molar-refractivity contribution is 5.93. The number of aromatic amines is 1. The minimum Gasteiger partial charge on any atom is -0.478 e. The van der Waals surface area contributed by atoms with Crippen molar-refractivity contribution in [3.8, 4) is 0 Å². The number of carbonyl (C=O) groups excluding carboxylic acids is 1. The second kappa shape index (κ2) is 7.42. The van der Waals surface area contributed by atoms with Crippen LogP contribution in [0.25, 0.3) is 17.0 Å².